The fourth-order valence-electron chi connectivity index (χ4n) is 3.62. The highest BCUT2D eigenvalue weighted by atomic mass is 35.5. The van der Waals surface area contributed by atoms with E-state index in [4.69, 9.17) is 23.2 Å². The van der Waals surface area contributed by atoms with Crippen molar-refractivity contribution >= 4 is 39.1 Å². The molecule has 1 aliphatic rings. The Morgan fingerprint density at radius 1 is 1.17 bits per heavy atom. The highest BCUT2D eigenvalue weighted by molar-refractivity contribution is 7.88. The predicted octanol–water partition coefficient (Wildman–Crippen LogP) is 4.72. The molecule has 1 fully saturated rings. The first-order chi connectivity index (χ1) is 14.2. The highest BCUT2D eigenvalue weighted by Gasteiger charge is 2.33. The van der Waals surface area contributed by atoms with Gasteiger partial charge < -0.3 is 5.32 Å². The number of carbonyl (C=O) groups is 1. The lowest BCUT2D eigenvalue weighted by Gasteiger charge is -2.32. The van der Waals surface area contributed by atoms with Crippen LogP contribution < -0.4 is 5.32 Å². The van der Waals surface area contributed by atoms with Gasteiger partial charge in [0, 0.05) is 28.7 Å². The van der Waals surface area contributed by atoms with Crippen LogP contribution in [0.25, 0.3) is 0 Å². The topological polar surface area (TPSA) is 66.5 Å². The Morgan fingerprint density at radius 3 is 2.43 bits per heavy atom. The van der Waals surface area contributed by atoms with Crippen molar-refractivity contribution in [2.45, 2.75) is 38.5 Å². The molecule has 3 rings (SSSR count). The molecule has 1 amide bonds. The maximum Gasteiger partial charge on any atom is 0.224 e. The fraction of sp³-hybridized carbons (Fsp3) is 0.409. The number of amides is 1. The van der Waals surface area contributed by atoms with Crippen LogP contribution in [0.1, 0.15) is 42.5 Å². The van der Waals surface area contributed by atoms with Crippen molar-refractivity contribution in [3.8, 4) is 0 Å². The van der Waals surface area contributed by atoms with Crippen LogP contribution >= 0.6 is 23.2 Å². The van der Waals surface area contributed by atoms with Crippen LogP contribution in [0.15, 0.2) is 42.5 Å². The minimum absolute atomic E-state index is 0.126. The molecule has 162 valence electrons. The van der Waals surface area contributed by atoms with E-state index >= 15 is 0 Å². The second-order valence-electron chi connectivity index (χ2n) is 7.79. The molecule has 1 aliphatic heterocycles. The van der Waals surface area contributed by atoms with Crippen LogP contribution in [0.4, 0.5) is 0 Å². The summed E-state index contributed by atoms with van der Waals surface area (Å²) in [6.07, 6.45) is 1.29. The van der Waals surface area contributed by atoms with Crippen LogP contribution in [0.5, 0.6) is 0 Å². The molecule has 30 heavy (non-hydrogen) atoms. The molecule has 0 spiro atoms. The van der Waals surface area contributed by atoms with Crippen molar-refractivity contribution in [1.82, 2.24) is 9.62 Å². The molecule has 0 saturated carbocycles. The molecule has 2 atom stereocenters. The summed E-state index contributed by atoms with van der Waals surface area (Å²) in [7, 11) is -3.65. The smallest absolute Gasteiger partial charge is 0.224 e. The van der Waals surface area contributed by atoms with Gasteiger partial charge in [-0.05, 0) is 44.4 Å². The number of piperidine rings is 1. The lowest BCUT2D eigenvalue weighted by atomic mass is 9.97. The molecular weight excluding hydrogens is 443 g/mol. The molecule has 0 aliphatic carbocycles. The molecule has 5 nitrogen and oxygen atoms in total. The number of sulfonamides is 1. The van der Waals surface area contributed by atoms with Crippen LogP contribution in [-0.4, -0.2) is 31.7 Å². The van der Waals surface area contributed by atoms with Gasteiger partial charge in [-0.15, -0.1) is 0 Å². The van der Waals surface area contributed by atoms with E-state index in [1.807, 2.05) is 38.1 Å². The van der Waals surface area contributed by atoms with Gasteiger partial charge >= 0.3 is 0 Å². The number of benzene rings is 2. The first kappa shape index (κ1) is 23.1. The van der Waals surface area contributed by atoms with E-state index in [0.29, 0.717) is 35.0 Å². The van der Waals surface area contributed by atoms with Gasteiger partial charge in [-0.25, -0.2) is 12.7 Å². The van der Waals surface area contributed by atoms with E-state index in [-0.39, 0.29) is 30.2 Å². The number of hydrogen-bond acceptors (Lipinski definition) is 3. The van der Waals surface area contributed by atoms with Crippen LogP contribution in [0.3, 0.4) is 0 Å². The average molecular weight is 469 g/mol. The maximum absolute atomic E-state index is 13.0. The Balaban J connectivity index is 1.66. The lowest BCUT2D eigenvalue weighted by molar-refractivity contribution is -0.126. The third-order valence-corrected chi connectivity index (χ3v) is 7.95. The summed E-state index contributed by atoms with van der Waals surface area (Å²) in [6.45, 7) is 4.50. The first-order valence-electron chi connectivity index (χ1n) is 9.95. The molecule has 0 unspecified atom stereocenters. The number of nitrogens with one attached hydrogen (secondary N) is 1. The number of carbonyl (C=O) groups excluding carboxylic acids is 1. The van der Waals surface area contributed by atoms with Crippen molar-refractivity contribution in [2.75, 3.05) is 13.1 Å². The van der Waals surface area contributed by atoms with Crippen LogP contribution in [0, 0.1) is 12.8 Å². The van der Waals surface area contributed by atoms with Gasteiger partial charge in [0.25, 0.3) is 0 Å². The quantitative estimate of drug-likeness (QED) is 0.666. The van der Waals surface area contributed by atoms with E-state index in [2.05, 4.69) is 5.32 Å². The SMILES string of the molecule is Cc1ccc([C@H](C)NC(=O)[C@H]2CCCN(S(=O)(=O)Cc3c(Cl)cccc3Cl)C2)cc1. The number of halogens is 2. The van der Waals surface area contributed by atoms with E-state index in [1.54, 1.807) is 18.2 Å². The zero-order valence-electron chi connectivity index (χ0n) is 17.1. The molecule has 0 radical (unpaired) electrons. The second kappa shape index (κ2) is 9.69. The van der Waals surface area contributed by atoms with Crippen LogP contribution in [0.2, 0.25) is 10.0 Å². The van der Waals surface area contributed by atoms with E-state index < -0.39 is 10.0 Å². The number of nitrogens with zero attached hydrogens (tertiary/aromatic N) is 1. The standard InChI is InChI=1S/C22H26Cl2N2O3S/c1-15-8-10-17(11-9-15)16(2)25-22(27)18-5-4-12-26(13-18)30(28,29)14-19-20(23)6-3-7-21(19)24/h3,6-11,16,18H,4-5,12-14H2,1-2H3,(H,25,27)/t16-,18-/m0/s1. The molecule has 8 heteroatoms. The summed E-state index contributed by atoms with van der Waals surface area (Å²) in [5.41, 5.74) is 2.56. The lowest BCUT2D eigenvalue weighted by Crippen LogP contribution is -2.46. The molecular formula is C22H26Cl2N2O3S. The number of aryl methyl sites for hydroxylation is 1. The van der Waals surface area contributed by atoms with Gasteiger partial charge in [0.1, 0.15) is 0 Å². The van der Waals surface area contributed by atoms with E-state index in [9.17, 15) is 13.2 Å². The fourth-order valence-corrected chi connectivity index (χ4v) is 5.98. The van der Waals surface area contributed by atoms with Crippen molar-refractivity contribution in [2.24, 2.45) is 5.92 Å². The molecule has 2 aromatic carbocycles. The van der Waals surface area contributed by atoms with Gasteiger partial charge in [-0.2, -0.15) is 0 Å². The number of rotatable bonds is 6. The maximum atomic E-state index is 13.0. The normalized spacial score (nSPS) is 18.7. The van der Waals surface area contributed by atoms with Gasteiger partial charge in [-0.3, -0.25) is 4.79 Å². The summed E-state index contributed by atoms with van der Waals surface area (Å²) in [6, 6.07) is 12.8. The second-order valence-corrected chi connectivity index (χ2v) is 10.6. The highest BCUT2D eigenvalue weighted by Crippen LogP contribution is 2.29. The largest absolute Gasteiger partial charge is 0.349 e. The molecule has 0 aromatic heterocycles. The van der Waals surface area contributed by atoms with Gasteiger partial charge in [0.15, 0.2) is 0 Å². The first-order valence-corrected chi connectivity index (χ1v) is 12.3. The van der Waals surface area contributed by atoms with Gasteiger partial charge in [-0.1, -0.05) is 59.1 Å². The third kappa shape index (κ3) is 5.55. The van der Waals surface area contributed by atoms with Crippen molar-refractivity contribution in [3.05, 3.63) is 69.2 Å². The minimum atomic E-state index is -3.65. The Bertz CT molecular complexity index is 989. The van der Waals surface area contributed by atoms with Gasteiger partial charge in [0.2, 0.25) is 15.9 Å². The van der Waals surface area contributed by atoms with E-state index in [0.717, 1.165) is 11.1 Å². The van der Waals surface area contributed by atoms with Crippen LogP contribution in [-0.2, 0) is 20.6 Å². The average Bonchev–Trinajstić information content (AvgIpc) is 2.71. The van der Waals surface area contributed by atoms with Crippen molar-refractivity contribution < 1.29 is 13.2 Å². The van der Waals surface area contributed by atoms with E-state index in [1.165, 1.54) is 4.31 Å². The molecule has 0 bridgehead atoms. The summed E-state index contributed by atoms with van der Waals surface area (Å²) >= 11 is 12.3. The zero-order chi connectivity index (χ0) is 21.9. The number of hydrogen-bond donors (Lipinski definition) is 1. The predicted molar refractivity (Wildman–Crippen MR) is 121 cm³/mol. The molecule has 1 saturated heterocycles. The molecule has 1 heterocycles. The summed E-state index contributed by atoms with van der Waals surface area (Å²) < 4.78 is 27.3. The minimum Gasteiger partial charge on any atom is -0.349 e. The summed E-state index contributed by atoms with van der Waals surface area (Å²) in [4.78, 5) is 12.8. The summed E-state index contributed by atoms with van der Waals surface area (Å²) in [5.74, 6) is -0.790. The Labute approximate surface area is 188 Å². The van der Waals surface area contributed by atoms with Gasteiger partial charge in [0.05, 0.1) is 17.7 Å². The molecule has 1 N–H and O–H groups in total. The Morgan fingerprint density at radius 2 is 1.80 bits per heavy atom. The third-order valence-electron chi connectivity index (χ3n) is 5.47. The summed E-state index contributed by atoms with van der Waals surface area (Å²) in [5, 5.41) is 3.67. The monoisotopic (exact) mass is 468 g/mol. The van der Waals surface area contributed by atoms with Crippen molar-refractivity contribution in [3.63, 3.8) is 0 Å². The Hall–Kier alpha value is -1.60. The Kier molecular flexibility index (Phi) is 7.45. The molecule has 2 aromatic rings. The van der Waals surface area contributed by atoms with Crippen molar-refractivity contribution in [1.29, 1.82) is 0 Å². The zero-order valence-corrected chi connectivity index (χ0v) is 19.4.